The Morgan fingerprint density at radius 1 is 0.500 bits per heavy atom. The van der Waals surface area contributed by atoms with Crippen molar-refractivity contribution in [2.45, 2.75) is 0 Å². The smallest absolute Gasteiger partial charge is 0 e. The maximum Gasteiger partial charge on any atom is 0 e. The monoisotopic (exact) mass is 161 g/mol. The molecule has 0 aromatic carbocycles. The van der Waals surface area contributed by atoms with Crippen molar-refractivity contribution in [2.75, 3.05) is 0 Å². The van der Waals surface area contributed by atoms with Crippen LogP contribution in [0.3, 0.4) is 0 Å². The molecule has 20 valence electrons. The third-order valence-corrected chi connectivity index (χ3v) is 0. The van der Waals surface area contributed by atoms with E-state index in [9.17, 15) is 0 Å². The van der Waals surface area contributed by atoms with Crippen molar-refractivity contribution in [2.24, 2.45) is 0 Å². The van der Waals surface area contributed by atoms with Gasteiger partial charge in [-0.15, -0.1) is 0 Å². The molecule has 0 bridgehead atoms. The summed E-state index contributed by atoms with van der Waals surface area (Å²) in [5.74, 6) is 0. The Kier molecular flexibility index (Phi) is 175. The minimum atomic E-state index is 0. The van der Waals surface area contributed by atoms with Gasteiger partial charge >= 0.3 is 0 Å². The Hall–Kier alpha value is 2.10. The standard InChI is InChI=1S/H3N.3Ti/h1H3;;;. The van der Waals surface area contributed by atoms with E-state index >= 15 is 0 Å². The van der Waals surface area contributed by atoms with Crippen LogP contribution in [0.2, 0.25) is 0 Å². The van der Waals surface area contributed by atoms with Crippen molar-refractivity contribution < 1.29 is 65.2 Å². The molecule has 0 amide bonds. The fourth-order valence-electron chi connectivity index (χ4n) is 0. The quantitative estimate of drug-likeness (QED) is 0.504. The molecule has 4 heteroatoms. The summed E-state index contributed by atoms with van der Waals surface area (Å²) >= 11 is 0. The topological polar surface area (TPSA) is 35.0 Å². The predicted molar refractivity (Wildman–Crippen MR) is 5.02 cm³/mol. The van der Waals surface area contributed by atoms with Gasteiger partial charge in [0.2, 0.25) is 0 Å². The Morgan fingerprint density at radius 2 is 0.500 bits per heavy atom. The average molecular weight is 161 g/mol. The second-order valence-corrected chi connectivity index (χ2v) is 0. The van der Waals surface area contributed by atoms with Crippen LogP contribution in [0, 0.1) is 0 Å². The first-order valence-corrected chi connectivity index (χ1v) is 0. The van der Waals surface area contributed by atoms with Gasteiger partial charge in [-0.05, 0) is 0 Å². The molecule has 0 saturated carbocycles. The summed E-state index contributed by atoms with van der Waals surface area (Å²) in [6, 6.07) is 0. The molecule has 0 aliphatic carbocycles. The number of hydrogen-bond donors (Lipinski definition) is 1. The van der Waals surface area contributed by atoms with Gasteiger partial charge in [-0.2, -0.15) is 0 Å². The first-order valence-electron chi connectivity index (χ1n) is 0. The van der Waals surface area contributed by atoms with Crippen LogP contribution in [0.25, 0.3) is 0 Å². The molecule has 0 spiro atoms. The summed E-state index contributed by atoms with van der Waals surface area (Å²) in [6.07, 6.45) is 0. The second kappa shape index (κ2) is 19.4. The number of rotatable bonds is 0. The molecule has 0 radical (unpaired) electrons. The third-order valence-electron chi connectivity index (χ3n) is 0. The molecule has 4 heavy (non-hydrogen) atoms. The molecule has 0 atom stereocenters. The molecule has 0 aromatic rings. The molecule has 0 aliphatic heterocycles. The molecule has 0 rings (SSSR count). The fraction of sp³-hybridized carbons (Fsp3) is 0. The molecule has 3 N–H and O–H groups in total. The Balaban J connectivity index is 0. The minimum absolute atomic E-state index is 0. The van der Waals surface area contributed by atoms with E-state index in [0.717, 1.165) is 0 Å². The van der Waals surface area contributed by atoms with Gasteiger partial charge in [-0.1, -0.05) is 0 Å². The SMILES string of the molecule is N.[Ti].[Ti].[Ti]. The van der Waals surface area contributed by atoms with E-state index in [1.807, 2.05) is 0 Å². The van der Waals surface area contributed by atoms with Crippen molar-refractivity contribution in [1.29, 1.82) is 0 Å². The minimum Gasteiger partial charge on any atom is -0.344 e. The molecule has 0 unspecified atom stereocenters. The molecule has 0 saturated heterocycles. The maximum absolute atomic E-state index is 0. The molecular formula is H3NTi3. The molecular weight excluding hydrogens is 158 g/mol. The van der Waals surface area contributed by atoms with Gasteiger partial charge in [0.25, 0.3) is 0 Å². The molecule has 0 aromatic heterocycles. The van der Waals surface area contributed by atoms with Gasteiger partial charge in [0, 0.05) is 65.2 Å². The van der Waals surface area contributed by atoms with Crippen LogP contribution in [-0.2, 0) is 65.2 Å². The maximum atomic E-state index is 0. The molecule has 0 aliphatic rings. The van der Waals surface area contributed by atoms with Crippen molar-refractivity contribution in [3.63, 3.8) is 0 Å². The zero-order valence-electron chi connectivity index (χ0n) is 2.21. The second-order valence-electron chi connectivity index (χ2n) is 0. The summed E-state index contributed by atoms with van der Waals surface area (Å²) in [7, 11) is 0. The zero-order valence-corrected chi connectivity index (χ0v) is 6.89. The van der Waals surface area contributed by atoms with Crippen LogP contribution in [0.5, 0.6) is 0 Å². The van der Waals surface area contributed by atoms with Crippen LogP contribution in [0.1, 0.15) is 0 Å². The Bertz CT molecular complexity index is 3.25. The number of hydrogen-bond acceptors (Lipinski definition) is 1. The van der Waals surface area contributed by atoms with E-state index in [-0.39, 0.29) is 71.3 Å². The predicted octanol–water partition coefficient (Wildman–Crippen LogP) is 0.154. The Morgan fingerprint density at radius 3 is 0.500 bits per heavy atom. The van der Waals surface area contributed by atoms with E-state index in [1.165, 1.54) is 0 Å². The van der Waals surface area contributed by atoms with Gasteiger partial charge < -0.3 is 6.15 Å². The summed E-state index contributed by atoms with van der Waals surface area (Å²) in [6.45, 7) is 0. The van der Waals surface area contributed by atoms with E-state index < -0.39 is 0 Å². The normalized spacial score (nSPS) is 0. The average Bonchev–Trinajstić information content (AvgIpc) is 0. The van der Waals surface area contributed by atoms with Crippen LogP contribution in [0.4, 0.5) is 0 Å². The van der Waals surface area contributed by atoms with E-state index in [1.54, 1.807) is 0 Å². The van der Waals surface area contributed by atoms with Gasteiger partial charge in [-0.25, -0.2) is 0 Å². The first kappa shape index (κ1) is 35.9. The van der Waals surface area contributed by atoms with Gasteiger partial charge in [-0.3, -0.25) is 0 Å². The van der Waals surface area contributed by atoms with Crippen molar-refractivity contribution in [3.05, 3.63) is 0 Å². The van der Waals surface area contributed by atoms with Crippen molar-refractivity contribution in [1.82, 2.24) is 6.15 Å². The van der Waals surface area contributed by atoms with E-state index in [2.05, 4.69) is 0 Å². The van der Waals surface area contributed by atoms with Crippen LogP contribution < -0.4 is 6.15 Å². The van der Waals surface area contributed by atoms with E-state index in [0.29, 0.717) is 0 Å². The zero-order chi connectivity index (χ0) is 0. The largest absolute Gasteiger partial charge is 0.344 e. The summed E-state index contributed by atoms with van der Waals surface area (Å²) in [5.41, 5.74) is 0. The van der Waals surface area contributed by atoms with Gasteiger partial charge in [0.1, 0.15) is 0 Å². The fourth-order valence-corrected chi connectivity index (χ4v) is 0. The van der Waals surface area contributed by atoms with Crippen LogP contribution >= 0.6 is 0 Å². The summed E-state index contributed by atoms with van der Waals surface area (Å²) in [5, 5.41) is 0. The third kappa shape index (κ3) is 8.93. The van der Waals surface area contributed by atoms with Crippen LogP contribution in [0.15, 0.2) is 0 Å². The summed E-state index contributed by atoms with van der Waals surface area (Å²) < 4.78 is 0. The van der Waals surface area contributed by atoms with Crippen LogP contribution in [-0.4, -0.2) is 0 Å². The first-order chi connectivity index (χ1) is 0. The molecule has 1 nitrogen and oxygen atoms in total. The van der Waals surface area contributed by atoms with Crippen molar-refractivity contribution in [3.8, 4) is 0 Å². The molecule has 0 heterocycles. The van der Waals surface area contributed by atoms with E-state index in [4.69, 9.17) is 0 Å². The molecule has 0 fully saturated rings. The summed E-state index contributed by atoms with van der Waals surface area (Å²) in [4.78, 5) is 0. The Labute approximate surface area is 70.5 Å². The van der Waals surface area contributed by atoms with Crippen molar-refractivity contribution >= 4 is 0 Å². The van der Waals surface area contributed by atoms with Gasteiger partial charge in [0.15, 0.2) is 0 Å². The van der Waals surface area contributed by atoms with Gasteiger partial charge in [0.05, 0.1) is 0 Å².